The number of benzene rings is 1. The number of ether oxygens (including phenoxy) is 1. The third-order valence-electron chi connectivity index (χ3n) is 2.03. The van der Waals surface area contributed by atoms with E-state index in [0.29, 0.717) is 16.7 Å². The maximum Gasteiger partial charge on any atom is 0.219 e. The molecule has 0 saturated carbocycles. The van der Waals surface area contributed by atoms with Crippen molar-refractivity contribution < 1.29 is 4.74 Å². The van der Waals surface area contributed by atoms with Crippen LogP contribution in [0.15, 0.2) is 54.8 Å². The van der Waals surface area contributed by atoms with Crippen LogP contribution < -0.4 is 4.74 Å². The molecule has 1 heterocycles. The molecule has 0 aliphatic rings. The van der Waals surface area contributed by atoms with Gasteiger partial charge in [0.25, 0.3) is 0 Å². The second-order valence-corrected chi connectivity index (χ2v) is 3.74. The van der Waals surface area contributed by atoms with Gasteiger partial charge in [0.15, 0.2) is 0 Å². The summed E-state index contributed by atoms with van der Waals surface area (Å²) >= 11 is 5.79. The van der Waals surface area contributed by atoms with Crippen molar-refractivity contribution in [2.45, 2.75) is 0 Å². The summed E-state index contributed by atoms with van der Waals surface area (Å²) in [6.07, 6.45) is 1.69. The molecular weight excluding hydrogens is 234 g/mol. The first-order valence-electron chi connectivity index (χ1n) is 5.04. The van der Waals surface area contributed by atoms with Crippen LogP contribution in [0, 0.1) is 0 Å². The molecule has 2 nitrogen and oxygen atoms in total. The molecule has 2 rings (SSSR count). The van der Waals surface area contributed by atoms with E-state index in [1.807, 2.05) is 12.1 Å². The maximum atomic E-state index is 5.79. The number of hydrogen-bond donors (Lipinski definition) is 0. The Morgan fingerprint density at radius 1 is 1.18 bits per heavy atom. The number of pyridine rings is 1. The van der Waals surface area contributed by atoms with Gasteiger partial charge in [0.2, 0.25) is 5.88 Å². The first kappa shape index (κ1) is 11.5. The largest absolute Gasteiger partial charge is 0.439 e. The zero-order chi connectivity index (χ0) is 12.1. The number of nitrogens with zero attached hydrogens (tertiary/aromatic N) is 1. The van der Waals surface area contributed by atoms with Crippen molar-refractivity contribution in [1.82, 2.24) is 4.98 Å². The third-order valence-corrected chi connectivity index (χ3v) is 2.28. The van der Waals surface area contributed by atoms with Crippen LogP contribution >= 0.6 is 11.6 Å². The quantitative estimate of drug-likeness (QED) is 0.749. The fourth-order valence-corrected chi connectivity index (χ4v) is 1.42. The van der Waals surface area contributed by atoms with Crippen LogP contribution in [0.1, 0.15) is 5.69 Å². The molecule has 0 aliphatic heterocycles. The number of rotatable bonds is 3. The lowest BCUT2D eigenvalue weighted by molar-refractivity contribution is 0.462. The van der Waals surface area contributed by atoms with Crippen LogP contribution in [0.4, 0.5) is 0 Å². The van der Waals surface area contributed by atoms with E-state index in [-0.39, 0.29) is 0 Å². The minimum absolute atomic E-state index is 0.524. The smallest absolute Gasteiger partial charge is 0.219 e. The highest BCUT2D eigenvalue weighted by Gasteiger charge is 1.99. The molecule has 0 radical (unpaired) electrons. The summed E-state index contributed by atoms with van der Waals surface area (Å²) in [7, 11) is 0. The number of hydrogen-bond acceptors (Lipinski definition) is 2. The summed E-state index contributed by atoms with van der Waals surface area (Å²) in [5.74, 6) is 1.22. The van der Waals surface area contributed by atoms with Crippen molar-refractivity contribution in [2.24, 2.45) is 0 Å². The van der Waals surface area contributed by atoms with E-state index in [9.17, 15) is 0 Å². The van der Waals surface area contributed by atoms with Gasteiger partial charge in [-0.1, -0.05) is 24.2 Å². The lowest BCUT2D eigenvalue weighted by atomic mass is 10.3. The van der Waals surface area contributed by atoms with E-state index in [0.717, 1.165) is 5.69 Å². The third kappa shape index (κ3) is 3.22. The van der Waals surface area contributed by atoms with Crippen LogP contribution in [-0.4, -0.2) is 4.98 Å². The van der Waals surface area contributed by atoms with Gasteiger partial charge in [-0.3, -0.25) is 0 Å². The molecule has 0 unspecified atom stereocenters. The van der Waals surface area contributed by atoms with E-state index < -0.39 is 0 Å². The molecule has 0 fully saturated rings. The average Bonchev–Trinajstić information content (AvgIpc) is 2.33. The highest BCUT2D eigenvalue weighted by atomic mass is 35.5. The molecule has 0 saturated heterocycles. The molecule has 0 bridgehead atoms. The number of aromatic nitrogens is 1. The highest BCUT2D eigenvalue weighted by Crippen LogP contribution is 2.21. The van der Waals surface area contributed by atoms with Crippen molar-refractivity contribution >= 4 is 17.7 Å². The Labute approximate surface area is 105 Å². The Bertz CT molecular complexity index is 557. The molecule has 2 aromatic rings. The molecule has 3 heteroatoms. The van der Waals surface area contributed by atoms with Crippen LogP contribution in [0.5, 0.6) is 11.6 Å². The predicted molar refractivity (Wildman–Crippen MR) is 69.4 cm³/mol. The fourth-order valence-electron chi connectivity index (χ4n) is 1.30. The molecular formula is C14H10ClNO. The van der Waals surface area contributed by atoms with Gasteiger partial charge in [-0.05, 0) is 30.3 Å². The maximum absolute atomic E-state index is 5.79. The summed E-state index contributed by atoms with van der Waals surface area (Å²) in [6, 6.07) is 12.6. The second kappa shape index (κ2) is 5.35. The lowest BCUT2D eigenvalue weighted by Gasteiger charge is -2.04. The predicted octanol–water partition coefficient (Wildman–Crippen LogP) is 4.33. The van der Waals surface area contributed by atoms with E-state index in [1.165, 1.54) is 0 Å². The molecule has 1 aromatic carbocycles. The molecule has 0 atom stereocenters. The van der Waals surface area contributed by atoms with Gasteiger partial charge >= 0.3 is 0 Å². The first-order valence-corrected chi connectivity index (χ1v) is 5.42. The monoisotopic (exact) mass is 243 g/mol. The van der Waals surface area contributed by atoms with E-state index in [2.05, 4.69) is 17.3 Å². The Balaban J connectivity index is 2.20. The van der Waals surface area contributed by atoms with Gasteiger partial charge in [0.05, 0.1) is 5.69 Å². The lowest BCUT2D eigenvalue weighted by Crippen LogP contribution is -1.88. The summed E-state index contributed by atoms with van der Waals surface area (Å²) in [4.78, 5) is 4.27. The van der Waals surface area contributed by atoms with Crippen molar-refractivity contribution in [3.8, 4) is 11.6 Å². The van der Waals surface area contributed by atoms with Crippen LogP contribution in [-0.2, 0) is 0 Å². The first-order chi connectivity index (χ1) is 8.28. The standard InChI is InChI=1S/C14H10ClNO/c1-2-4-12-5-3-6-14(16-12)17-13-9-7-11(15)8-10-13/h3-10H,1H2. The molecule has 17 heavy (non-hydrogen) atoms. The van der Waals surface area contributed by atoms with Crippen molar-refractivity contribution in [2.75, 3.05) is 0 Å². The molecule has 0 spiro atoms. The Kier molecular flexibility index (Phi) is 3.61. The van der Waals surface area contributed by atoms with Gasteiger partial charge in [0.1, 0.15) is 5.75 Å². The van der Waals surface area contributed by atoms with Gasteiger partial charge < -0.3 is 4.74 Å². The summed E-state index contributed by atoms with van der Waals surface area (Å²) in [5.41, 5.74) is 3.43. The molecule has 0 N–H and O–H groups in total. The van der Waals surface area contributed by atoms with Crippen LogP contribution in [0.25, 0.3) is 6.08 Å². The zero-order valence-corrected chi connectivity index (χ0v) is 9.82. The number of halogens is 1. The van der Waals surface area contributed by atoms with Crippen molar-refractivity contribution in [3.05, 3.63) is 65.5 Å². The van der Waals surface area contributed by atoms with E-state index in [1.54, 1.807) is 36.4 Å². The molecule has 1 aromatic heterocycles. The Morgan fingerprint density at radius 3 is 2.65 bits per heavy atom. The van der Waals surface area contributed by atoms with Gasteiger partial charge in [-0.25, -0.2) is 4.98 Å². The second-order valence-electron chi connectivity index (χ2n) is 3.31. The van der Waals surface area contributed by atoms with E-state index >= 15 is 0 Å². The summed E-state index contributed by atoms with van der Waals surface area (Å²) in [6.45, 7) is 3.50. The molecule has 0 amide bonds. The SMILES string of the molecule is C=C=Cc1cccc(Oc2ccc(Cl)cc2)n1. The van der Waals surface area contributed by atoms with Gasteiger partial charge in [0, 0.05) is 17.2 Å². The Hall–Kier alpha value is -2.02. The highest BCUT2D eigenvalue weighted by molar-refractivity contribution is 6.30. The summed E-state index contributed by atoms with van der Waals surface area (Å²) in [5, 5.41) is 0.675. The fraction of sp³-hybridized carbons (Fsp3) is 0. The zero-order valence-electron chi connectivity index (χ0n) is 9.06. The van der Waals surface area contributed by atoms with Crippen molar-refractivity contribution in [3.63, 3.8) is 0 Å². The topological polar surface area (TPSA) is 22.1 Å². The normalized spacial score (nSPS) is 9.47. The molecule has 0 aliphatic carbocycles. The Morgan fingerprint density at radius 2 is 1.94 bits per heavy atom. The van der Waals surface area contributed by atoms with Gasteiger partial charge in [-0.2, -0.15) is 0 Å². The van der Waals surface area contributed by atoms with Crippen LogP contribution in [0.2, 0.25) is 5.02 Å². The molecule has 84 valence electrons. The minimum atomic E-state index is 0.524. The minimum Gasteiger partial charge on any atom is -0.439 e. The van der Waals surface area contributed by atoms with E-state index in [4.69, 9.17) is 16.3 Å². The van der Waals surface area contributed by atoms with Crippen molar-refractivity contribution in [1.29, 1.82) is 0 Å². The van der Waals surface area contributed by atoms with Crippen LogP contribution in [0.3, 0.4) is 0 Å². The summed E-state index contributed by atoms with van der Waals surface area (Å²) < 4.78 is 5.58. The van der Waals surface area contributed by atoms with Gasteiger partial charge in [-0.15, -0.1) is 5.73 Å². The average molecular weight is 244 g/mol.